The summed E-state index contributed by atoms with van der Waals surface area (Å²) in [7, 11) is 0. The van der Waals surface area contributed by atoms with Gasteiger partial charge in [-0.05, 0) is 37.1 Å². The van der Waals surface area contributed by atoms with Gasteiger partial charge in [0.1, 0.15) is 5.75 Å². The van der Waals surface area contributed by atoms with Gasteiger partial charge >= 0.3 is 5.97 Å². The summed E-state index contributed by atoms with van der Waals surface area (Å²) in [6, 6.07) is 13.5. The maximum atomic E-state index is 12.2. The van der Waals surface area contributed by atoms with Crippen molar-refractivity contribution >= 4 is 29.3 Å². The van der Waals surface area contributed by atoms with Crippen molar-refractivity contribution < 1.29 is 14.3 Å². The molecule has 0 N–H and O–H groups in total. The molecule has 0 radical (unpaired) electrons. The highest BCUT2D eigenvalue weighted by atomic mass is 32.2. The van der Waals surface area contributed by atoms with Crippen molar-refractivity contribution in [3.8, 4) is 5.75 Å². The molecule has 124 valence electrons. The predicted molar refractivity (Wildman–Crippen MR) is 95.7 cm³/mol. The molecule has 0 atom stereocenters. The van der Waals surface area contributed by atoms with Crippen LogP contribution in [0.15, 0.2) is 47.4 Å². The van der Waals surface area contributed by atoms with Crippen LogP contribution in [0.2, 0.25) is 0 Å². The number of hydrogen-bond donors (Lipinski definition) is 0. The average Bonchev–Trinajstić information content (AvgIpc) is 2.57. The molecule has 4 nitrogen and oxygen atoms in total. The first-order chi connectivity index (χ1) is 11.6. The van der Waals surface area contributed by atoms with Crippen molar-refractivity contribution in [3.63, 3.8) is 0 Å². The van der Waals surface area contributed by atoms with E-state index in [1.54, 1.807) is 4.90 Å². The molecule has 0 bridgehead atoms. The summed E-state index contributed by atoms with van der Waals surface area (Å²) in [5.74, 6) is 0.723. The van der Waals surface area contributed by atoms with Gasteiger partial charge in [-0.25, -0.2) is 0 Å². The van der Waals surface area contributed by atoms with Crippen LogP contribution in [0.25, 0.3) is 0 Å². The van der Waals surface area contributed by atoms with Crippen LogP contribution in [0.4, 0.5) is 5.69 Å². The number of anilines is 1. The molecule has 0 aliphatic carbocycles. The molecule has 1 aliphatic rings. The van der Waals surface area contributed by atoms with Gasteiger partial charge in [-0.15, -0.1) is 11.8 Å². The predicted octanol–water partition coefficient (Wildman–Crippen LogP) is 3.74. The van der Waals surface area contributed by atoms with E-state index in [1.807, 2.05) is 56.3 Å². The first-order valence-corrected chi connectivity index (χ1v) is 8.84. The molecule has 0 aromatic heterocycles. The van der Waals surface area contributed by atoms with E-state index in [0.717, 1.165) is 21.7 Å². The average molecular weight is 341 g/mol. The SMILES string of the molecule is Cc1cccc(C)c1OC(=O)CCN1C(=O)CSc2ccccc21. The molecule has 5 heteroatoms. The zero-order valence-corrected chi connectivity index (χ0v) is 14.6. The van der Waals surface area contributed by atoms with Gasteiger partial charge in [-0.1, -0.05) is 30.3 Å². The summed E-state index contributed by atoms with van der Waals surface area (Å²) in [4.78, 5) is 27.1. The van der Waals surface area contributed by atoms with Gasteiger partial charge in [-0.3, -0.25) is 9.59 Å². The largest absolute Gasteiger partial charge is 0.426 e. The van der Waals surface area contributed by atoms with E-state index in [4.69, 9.17) is 4.74 Å². The molecule has 24 heavy (non-hydrogen) atoms. The Kier molecular flexibility index (Phi) is 4.90. The Morgan fingerprint density at radius 2 is 1.83 bits per heavy atom. The summed E-state index contributed by atoms with van der Waals surface area (Å²) in [5.41, 5.74) is 2.73. The van der Waals surface area contributed by atoms with E-state index in [-0.39, 0.29) is 18.3 Å². The Labute approximate surface area is 145 Å². The molecule has 0 unspecified atom stereocenters. The Morgan fingerprint density at radius 3 is 2.58 bits per heavy atom. The first-order valence-electron chi connectivity index (χ1n) is 7.85. The second-order valence-corrected chi connectivity index (χ2v) is 6.76. The number of benzene rings is 2. The van der Waals surface area contributed by atoms with Crippen molar-refractivity contribution in [1.82, 2.24) is 0 Å². The smallest absolute Gasteiger partial charge is 0.313 e. The molecule has 3 rings (SSSR count). The highest BCUT2D eigenvalue weighted by Crippen LogP contribution is 2.35. The van der Waals surface area contributed by atoms with E-state index >= 15 is 0 Å². The van der Waals surface area contributed by atoms with Crippen LogP contribution < -0.4 is 9.64 Å². The summed E-state index contributed by atoms with van der Waals surface area (Å²) in [6.07, 6.45) is 0.165. The van der Waals surface area contributed by atoms with Crippen LogP contribution in [0.3, 0.4) is 0 Å². The molecule has 1 aliphatic heterocycles. The van der Waals surface area contributed by atoms with Gasteiger partial charge in [0.25, 0.3) is 0 Å². The first kappa shape index (κ1) is 16.6. The van der Waals surface area contributed by atoms with Gasteiger partial charge in [0.2, 0.25) is 5.91 Å². The number of hydrogen-bond acceptors (Lipinski definition) is 4. The van der Waals surface area contributed by atoms with Crippen LogP contribution in [0.1, 0.15) is 17.5 Å². The monoisotopic (exact) mass is 341 g/mol. The molecule has 0 fully saturated rings. The van der Waals surface area contributed by atoms with Crippen molar-refractivity contribution in [1.29, 1.82) is 0 Å². The van der Waals surface area contributed by atoms with Crippen molar-refractivity contribution in [2.24, 2.45) is 0 Å². The Bertz CT molecular complexity index is 768. The number of fused-ring (bicyclic) bond motifs is 1. The second-order valence-electron chi connectivity index (χ2n) is 5.75. The molecule has 0 saturated carbocycles. The quantitative estimate of drug-likeness (QED) is 0.628. The molecule has 2 aromatic carbocycles. The van der Waals surface area contributed by atoms with Crippen molar-refractivity contribution in [2.75, 3.05) is 17.2 Å². The van der Waals surface area contributed by atoms with E-state index < -0.39 is 0 Å². The number of aryl methyl sites for hydroxylation is 2. The van der Waals surface area contributed by atoms with Gasteiger partial charge in [-0.2, -0.15) is 0 Å². The molecule has 2 aromatic rings. The number of nitrogens with zero attached hydrogens (tertiary/aromatic N) is 1. The second kappa shape index (κ2) is 7.09. The normalized spacial score (nSPS) is 13.6. The minimum atomic E-state index is -0.323. The Morgan fingerprint density at radius 1 is 1.12 bits per heavy atom. The number of amides is 1. The standard InChI is InChI=1S/C19H19NO3S/c1-13-6-5-7-14(2)19(13)23-18(22)10-11-20-15-8-3-4-9-16(15)24-12-17(20)21/h3-9H,10-12H2,1-2H3. The summed E-state index contributed by atoms with van der Waals surface area (Å²) < 4.78 is 5.51. The van der Waals surface area contributed by atoms with Gasteiger partial charge in [0.05, 0.1) is 17.9 Å². The number of carbonyl (C=O) groups is 2. The van der Waals surface area contributed by atoms with E-state index in [1.165, 1.54) is 11.8 Å². The van der Waals surface area contributed by atoms with Crippen molar-refractivity contribution in [2.45, 2.75) is 25.2 Å². The highest BCUT2D eigenvalue weighted by molar-refractivity contribution is 8.00. The van der Waals surface area contributed by atoms with Crippen LogP contribution in [0, 0.1) is 13.8 Å². The van der Waals surface area contributed by atoms with E-state index in [2.05, 4.69) is 0 Å². The summed E-state index contributed by atoms with van der Waals surface area (Å²) >= 11 is 1.53. The summed E-state index contributed by atoms with van der Waals surface area (Å²) in [6.45, 7) is 4.16. The Balaban J connectivity index is 1.67. The minimum Gasteiger partial charge on any atom is -0.426 e. The number of carbonyl (C=O) groups excluding carboxylic acids is 2. The molecule has 1 heterocycles. The number of para-hydroxylation sites is 2. The van der Waals surface area contributed by atoms with Gasteiger partial charge in [0.15, 0.2) is 0 Å². The maximum absolute atomic E-state index is 12.2. The molecule has 1 amide bonds. The summed E-state index contributed by atoms with van der Waals surface area (Å²) in [5, 5.41) is 0. The third-order valence-electron chi connectivity index (χ3n) is 3.97. The number of thioether (sulfide) groups is 1. The third-order valence-corrected chi connectivity index (χ3v) is 5.02. The molecular weight excluding hydrogens is 322 g/mol. The van der Waals surface area contributed by atoms with Crippen LogP contribution >= 0.6 is 11.8 Å². The number of rotatable bonds is 4. The van der Waals surface area contributed by atoms with E-state index in [9.17, 15) is 9.59 Å². The lowest BCUT2D eigenvalue weighted by atomic mass is 10.1. The lowest BCUT2D eigenvalue weighted by Gasteiger charge is -2.28. The van der Waals surface area contributed by atoms with Crippen LogP contribution in [0.5, 0.6) is 5.75 Å². The molecule has 0 saturated heterocycles. The third kappa shape index (κ3) is 3.46. The highest BCUT2D eigenvalue weighted by Gasteiger charge is 2.25. The lowest BCUT2D eigenvalue weighted by Crippen LogP contribution is -2.37. The fraction of sp³-hybridized carbons (Fsp3) is 0.263. The number of ether oxygens (including phenoxy) is 1. The lowest BCUT2D eigenvalue weighted by molar-refractivity contribution is -0.134. The van der Waals surface area contributed by atoms with Crippen LogP contribution in [-0.4, -0.2) is 24.2 Å². The van der Waals surface area contributed by atoms with Crippen LogP contribution in [-0.2, 0) is 9.59 Å². The zero-order chi connectivity index (χ0) is 17.1. The topological polar surface area (TPSA) is 46.6 Å². The zero-order valence-electron chi connectivity index (χ0n) is 13.7. The van der Waals surface area contributed by atoms with Gasteiger partial charge in [0, 0.05) is 11.4 Å². The van der Waals surface area contributed by atoms with Gasteiger partial charge < -0.3 is 9.64 Å². The van der Waals surface area contributed by atoms with Crippen molar-refractivity contribution in [3.05, 3.63) is 53.6 Å². The minimum absolute atomic E-state index is 0.0265. The maximum Gasteiger partial charge on any atom is 0.313 e. The fourth-order valence-corrected chi connectivity index (χ4v) is 3.66. The molecular formula is C19H19NO3S. The fourth-order valence-electron chi connectivity index (χ4n) is 2.73. The van der Waals surface area contributed by atoms with E-state index in [0.29, 0.717) is 18.0 Å². The Hall–Kier alpha value is -2.27. The molecule has 0 spiro atoms. The number of esters is 1.